The van der Waals surface area contributed by atoms with Crippen molar-refractivity contribution in [2.24, 2.45) is 56.2 Å². The van der Waals surface area contributed by atoms with Crippen LogP contribution in [0.15, 0.2) is 34.9 Å². The molecule has 5 aliphatic carbocycles. The minimum Gasteiger partial charge on any atom is -0.467 e. The molecule has 3 heterocycles. The number of ether oxygens (including phenoxy) is 10. The van der Waals surface area contributed by atoms with Crippen LogP contribution in [0, 0.1) is 56.2 Å². The van der Waals surface area contributed by atoms with Crippen LogP contribution in [0.2, 0.25) is 0 Å². The van der Waals surface area contributed by atoms with Crippen molar-refractivity contribution in [2.45, 2.75) is 264 Å². The molecule has 506 valence electrons. The maximum atomic E-state index is 14.1. The molecule has 0 aromatic heterocycles. The van der Waals surface area contributed by atoms with Crippen molar-refractivity contribution in [3.05, 3.63) is 34.9 Å². The van der Waals surface area contributed by atoms with E-state index >= 15 is 0 Å². The normalized spacial score (nSPS) is 45.3. The number of hydrogen-bond donors (Lipinski definition) is 10. The van der Waals surface area contributed by atoms with Crippen molar-refractivity contribution in [1.82, 2.24) is 0 Å². The first-order valence-corrected chi connectivity index (χ1v) is 31.8. The standard InChI is InChI=1S/C65H102O24/c1-15-32(5)55(78)89-54-53(85-41(70)25-31(4)18-16-17-30(2)3)60(7,8)26-35-34-19-20-39-62(11)23-22-40(61(9,10)38(62)21-24-63(39,12)64(34,13)51(76)52(77)65(35,54)29-68)84-59-50(88-58-46(75)44(73)42(71)36(27-66)82-58)48(81-33(6)69)47(49(87-59)56(79)80-14)86-57-45(74)43(72)37(28-67)83-57/h17,19,25,32,35-40,42-54,57-59,66-68,71-77H,15-16,18,20-24,26-29H2,1-14H3/b31-25-/t32-,35+,36-,37+,38+,39-,40+,42-,43+,44+,45-,46-,47+,48+,49+,50-,51+,52-,53+,54+,57+,58+,59-,62+,63-,64+,65+/m1/s1. The number of aliphatic hydroxyl groups is 10. The number of carbonyl (C=O) groups excluding carboxylic acids is 4. The Bertz CT molecular complexity index is 2630. The van der Waals surface area contributed by atoms with Gasteiger partial charge in [-0.1, -0.05) is 91.2 Å². The van der Waals surface area contributed by atoms with Crippen molar-refractivity contribution in [2.75, 3.05) is 26.9 Å². The summed E-state index contributed by atoms with van der Waals surface area (Å²) in [7, 11) is 1.06. The highest BCUT2D eigenvalue weighted by molar-refractivity contribution is 5.83. The van der Waals surface area contributed by atoms with E-state index in [0.717, 1.165) is 37.2 Å². The predicted octanol–water partition coefficient (Wildman–Crippen LogP) is 2.73. The van der Waals surface area contributed by atoms with E-state index in [-0.39, 0.29) is 11.8 Å². The Kier molecular flexibility index (Phi) is 21.7. The lowest BCUT2D eigenvalue weighted by molar-refractivity contribution is -0.383. The molecule has 0 unspecified atom stereocenters. The van der Waals surface area contributed by atoms with Crippen molar-refractivity contribution in [3.63, 3.8) is 0 Å². The van der Waals surface area contributed by atoms with Crippen molar-refractivity contribution in [3.8, 4) is 0 Å². The summed E-state index contributed by atoms with van der Waals surface area (Å²) >= 11 is 0. The van der Waals surface area contributed by atoms with Crippen LogP contribution < -0.4 is 0 Å². The Morgan fingerprint density at radius 1 is 0.697 bits per heavy atom. The van der Waals surface area contributed by atoms with Gasteiger partial charge in [-0.15, -0.1) is 0 Å². The Morgan fingerprint density at radius 2 is 1.30 bits per heavy atom. The molecule has 3 aliphatic heterocycles. The zero-order valence-electron chi connectivity index (χ0n) is 54.2. The number of methoxy groups -OCH3 is 1. The Morgan fingerprint density at radius 3 is 1.88 bits per heavy atom. The Hall–Kier alpha value is -3.54. The smallest absolute Gasteiger partial charge is 0.338 e. The van der Waals surface area contributed by atoms with E-state index in [1.165, 1.54) is 6.08 Å². The molecule has 89 heavy (non-hydrogen) atoms. The van der Waals surface area contributed by atoms with Crippen molar-refractivity contribution < 1.29 is 118 Å². The van der Waals surface area contributed by atoms with Gasteiger partial charge in [-0.2, -0.15) is 0 Å². The average molecular weight is 1270 g/mol. The molecular formula is C65H102O24. The minimum absolute atomic E-state index is 0.150. The fraction of sp³-hybridized carbons (Fsp3) is 0.846. The van der Waals surface area contributed by atoms with Gasteiger partial charge in [0.05, 0.1) is 56.6 Å². The third-order valence-corrected chi connectivity index (χ3v) is 22.8. The summed E-state index contributed by atoms with van der Waals surface area (Å²) in [4.78, 5) is 55.3. The number of fused-ring (bicyclic) bond motifs is 7. The summed E-state index contributed by atoms with van der Waals surface area (Å²) in [6.45, 7) is 22.6. The fourth-order valence-electron chi connectivity index (χ4n) is 17.4. The maximum Gasteiger partial charge on any atom is 0.338 e. The molecule has 10 N–H and O–H groups in total. The number of carbonyl (C=O) groups is 4. The molecule has 24 nitrogen and oxygen atoms in total. The van der Waals surface area contributed by atoms with Gasteiger partial charge in [-0.3, -0.25) is 9.59 Å². The van der Waals surface area contributed by atoms with Gasteiger partial charge in [0.15, 0.2) is 43.3 Å². The topological polar surface area (TPSA) is 363 Å². The molecule has 0 aromatic carbocycles. The van der Waals surface area contributed by atoms with Crippen LogP contribution in [0.25, 0.3) is 0 Å². The number of allylic oxidation sites excluding steroid dienone is 4. The third kappa shape index (κ3) is 12.5. The molecule has 3 saturated heterocycles. The molecule has 4 saturated carbocycles. The predicted molar refractivity (Wildman–Crippen MR) is 314 cm³/mol. The van der Waals surface area contributed by atoms with Gasteiger partial charge >= 0.3 is 23.9 Å². The first-order valence-electron chi connectivity index (χ1n) is 31.8. The van der Waals surface area contributed by atoms with E-state index in [1.807, 2.05) is 62.3 Å². The van der Waals surface area contributed by atoms with Crippen LogP contribution in [0.5, 0.6) is 0 Å². The Balaban J connectivity index is 1.14. The second-order valence-corrected chi connectivity index (χ2v) is 29.0. The molecule has 0 radical (unpaired) electrons. The fourth-order valence-corrected chi connectivity index (χ4v) is 17.4. The Labute approximate surface area is 522 Å². The summed E-state index contributed by atoms with van der Waals surface area (Å²) in [5.74, 6) is -4.80. The minimum atomic E-state index is -2.00. The van der Waals surface area contributed by atoms with E-state index < -0.39 is 205 Å². The zero-order chi connectivity index (χ0) is 66.0. The van der Waals surface area contributed by atoms with Gasteiger partial charge < -0.3 is 98.4 Å². The largest absolute Gasteiger partial charge is 0.467 e. The van der Waals surface area contributed by atoms with Crippen LogP contribution in [0.4, 0.5) is 0 Å². The molecule has 8 aliphatic rings. The van der Waals surface area contributed by atoms with E-state index in [1.54, 1.807) is 6.92 Å². The molecule has 8 rings (SSSR count). The third-order valence-electron chi connectivity index (χ3n) is 22.8. The molecule has 27 atom stereocenters. The molecule has 0 amide bonds. The second kappa shape index (κ2) is 27.1. The zero-order valence-corrected chi connectivity index (χ0v) is 54.2. The van der Waals surface area contributed by atoms with Crippen LogP contribution in [0.3, 0.4) is 0 Å². The monoisotopic (exact) mass is 1270 g/mol. The van der Waals surface area contributed by atoms with E-state index in [2.05, 4.69) is 26.0 Å². The highest BCUT2D eigenvalue weighted by atomic mass is 16.8. The van der Waals surface area contributed by atoms with Crippen LogP contribution in [-0.4, -0.2) is 218 Å². The van der Waals surface area contributed by atoms with Gasteiger partial charge in [-0.25, -0.2) is 9.59 Å². The first kappa shape index (κ1) is 71.3. The molecule has 7 fully saturated rings. The summed E-state index contributed by atoms with van der Waals surface area (Å²) < 4.78 is 61.5. The summed E-state index contributed by atoms with van der Waals surface area (Å²) in [5.41, 5.74) is -3.00. The van der Waals surface area contributed by atoms with Crippen molar-refractivity contribution in [1.29, 1.82) is 0 Å². The first-order chi connectivity index (χ1) is 41.6. The molecule has 0 spiro atoms. The highest BCUT2D eigenvalue weighted by Gasteiger charge is 2.76. The van der Waals surface area contributed by atoms with E-state index in [4.69, 9.17) is 47.4 Å². The van der Waals surface area contributed by atoms with Gasteiger partial charge in [-0.05, 0) is 113 Å². The number of hydrogen-bond acceptors (Lipinski definition) is 24. The molecule has 0 aromatic rings. The number of aliphatic hydroxyl groups excluding tert-OH is 10. The molecule has 24 heteroatoms. The second-order valence-electron chi connectivity index (χ2n) is 29.0. The van der Waals surface area contributed by atoms with Gasteiger partial charge in [0.1, 0.15) is 54.9 Å². The lowest BCUT2D eigenvalue weighted by Gasteiger charge is -2.73. The molecule has 0 bridgehead atoms. The van der Waals surface area contributed by atoms with Crippen LogP contribution in [0.1, 0.15) is 148 Å². The van der Waals surface area contributed by atoms with Crippen LogP contribution in [-0.2, 0) is 66.5 Å². The SMILES string of the molecule is CC[C@@H](C)C(=O)O[C@H]1[C@H](OC(=O)/C=C(/C)CCC=C(C)C)C(C)(C)C[C@H]2C3=CC[C@@H]4[C@@]5(C)CC[C@H](O[C@@H]6O[C@H](C(=O)OC)[C@@H](O[C@@H]7O[C@@H](CO)[C@H](O)[C@H]7O)[C@H](OC(C)=O)[C@H]6O[C@@H]6O[C@H](CO)[C@@H](O)[C@H](O)[C@H]6O)C(C)(C)[C@@H]5CC[C@@]4(C)[C@]3(C)[C@@H](O)[C@@H](O)[C@]21CO. The van der Waals surface area contributed by atoms with E-state index in [9.17, 15) is 70.2 Å². The van der Waals surface area contributed by atoms with Crippen molar-refractivity contribution >= 4 is 23.9 Å². The van der Waals surface area contributed by atoms with Gasteiger partial charge in [0.2, 0.25) is 0 Å². The lowest BCUT2D eigenvalue weighted by atomic mass is 9.32. The summed E-state index contributed by atoms with van der Waals surface area (Å²) in [6, 6.07) is 0. The quantitative estimate of drug-likeness (QED) is 0.0292. The average Bonchev–Trinajstić information content (AvgIpc) is 0.913. The number of esters is 4. The summed E-state index contributed by atoms with van der Waals surface area (Å²) in [6.07, 6.45) is -20.9. The van der Waals surface area contributed by atoms with Gasteiger partial charge in [0, 0.05) is 23.8 Å². The lowest BCUT2D eigenvalue weighted by Crippen LogP contribution is -2.76. The van der Waals surface area contributed by atoms with Crippen LogP contribution >= 0.6 is 0 Å². The van der Waals surface area contributed by atoms with Gasteiger partial charge in [0.25, 0.3) is 0 Å². The molecular weight excluding hydrogens is 1160 g/mol. The summed E-state index contributed by atoms with van der Waals surface area (Å²) in [5, 5.41) is 113. The van der Waals surface area contributed by atoms with E-state index in [0.29, 0.717) is 51.4 Å². The maximum absolute atomic E-state index is 14.1. The highest BCUT2D eigenvalue weighted by Crippen LogP contribution is 2.76. The number of rotatable bonds is 19.